The van der Waals surface area contributed by atoms with E-state index in [-0.39, 0.29) is 0 Å². The molecule has 0 fully saturated rings. The van der Waals surface area contributed by atoms with Gasteiger partial charge in [-0.2, -0.15) is 5.10 Å². The van der Waals surface area contributed by atoms with Crippen LogP contribution in [-0.4, -0.2) is 14.9 Å². The summed E-state index contributed by atoms with van der Waals surface area (Å²) in [4.78, 5) is 0. The summed E-state index contributed by atoms with van der Waals surface area (Å²) in [6, 6.07) is 21.1. The molecule has 0 unspecified atom stereocenters. The highest BCUT2D eigenvalue weighted by molar-refractivity contribution is 7.80. The van der Waals surface area contributed by atoms with Crippen molar-refractivity contribution >= 4 is 39.5 Å². The Morgan fingerprint density at radius 2 is 1.67 bits per heavy atom. The molecule has 4 aromatic rings. The monoisotopic (exact) mass is 414 g/mol. The lowest BCUT2D eigenvalue weighted by Gasteiger charge is -2.13. The van der Waals surface area contributed by atoms with Crippen LogP contribution in [0.25, 0.3) is 10.8 Å². The molecule has 0 saturated heterocycles. The van der Waals surface area contributed by atoms with Gasteiger partial charge in [0.25, 0.3) is 0 Å². The smallest absolute Gasteiger partial charge is 0.175 e. The number of thiocarbonyl (C=S) groups is 1. The lowest BCUT2D eigenvalue weighted by Crippen LogP contribution is -2.20. The van der Waals surface area contributed by atoms with Crippen LogP contribution in [0.1, 0.15) is 28.1 Å². The molecule has 0 saturated carbocycles. The molecule has 0 radical (unpaired) electrons. The first-order chi connectivity index (χ1) is 14.4. The van der Waals surface area contributed by atoms with E-state index in [2.05, 4.69) is 86.0 Å². The van der Waals surface area contributed by atoms with Crippen LogP contribution < -0.4 is 10.6 Å². The van der Waals surface area contributed by atoms with E-state index >= 15 is 0 Å². The Bertz CT molecular complexity index is 1230. The number of nitrogens with one attached hydrogen (secondary N) is 2. The van der Waals surface area contributed by atoms with Crippen LogP contribution in [0.3, 0.4) is 0 Å². The third-order valence-corrected chi connectivity index (χ3v) is 5.79. The summed E-state index contributed by atoms with van der Waals surface area (Å²) in [5, 5.41) is 14.5. The largest absolute Gasteiger partial charge is 0.332 e. The van der Waals surface area contributed by atoms with Crippen molar-refractivity contribution in [2.24, 2.45) is 0 Å². The van der Waals surface area contributed by atoms with E-state index in [1.807, 2.05) is 17.7 Å². The number of hydrogen-bond acceptors (Lipinski definition) is 2. The molecule has 1 heterocycles. The van der Waals surface area contributed by atoms with Crippen molar-refractivity contribution in [2.45, 2.75) is 34.2 Å². The van der Waals surface area contributed by atoms with Crippen molar-refractivity contribution in [3.63, 3.8) is 0 Å². The molecular formula is C25H26N4S. The van der Waals surface area contributed by atoms with Crippen LogP contribution in [0, 0.1) is 27.7 Å². The average molecular weight is 415 g/mol. The fraction of sp³-hybridized carbons (Fsp3) is 0.200. The van der Waals surface area contributed by atoms with Gasteiger partial charge < -0.3 is 10.6 Å². The number of benzene rings is 3. The van der Waals surface area contributed by atoms with E-state index < -0.39 is 0 Å². The quantitative estimate of drug-likeness (QED) is 0.394. The molecule has 0 aliphatic rings. The molecule has 4 nitrogen and oxygen atoms in total. The van der Waals surface area contributed by atoms with E-state index in [1.165, 1.54) is 27.5 Å². The third kappa shape index (κ3) is 4.07. The zero-order valence-electron chi connectivity index (χ0n) is 17.8. The highest BCUT2D eigenvalue weighted by Crippen LogP contribution is 2.24. The maximum atomic E-state index is 5.56. The minimum Gasteiger partial charge on any atom is -0.332 e. The van der Waals surface area contributed by atoms with Crippen LogP contribution >= 0.6 is 12.2 Å². The molecular weight excluding hydrogens is 388 g/mol. The van der Waals surface area contributed by atoms with Gasteiger partial charge in [0.1, 0.15) is 0 Å². The number of aryl methyl sites for hydroxylation is 3. The molecule has 0 spiro atoms. The van der Waals surface area contributed by atoms with Crippen LogP contribution in [0.15, 0.2) is 60.7 Å². The highest BCUT2D eigenvalue weighted by Gasteiger charge is 2.14. The Morgan fingerprint density at radius 1 is 0.900 bits per heavy atom. The number of hydrogen-bond donors (Lipinski definition) is 2. The first-order valence-electron chi connectivity index (χ1n) is 10.1. The summed E-state index contributed by atoms with van der Waals surface area (Å²) in [6.07, 6.45) is 0. The summed E-state index contributed by atoms with van der Waals surface area (Å²) >= 11 is 5.56. The second kappa shape index (κ2) is 8.28. The van der Waals surface area contributed by atoms with Gasteiger partial charge in [0, 0.05) is 5.69 Å². The van der Waals surface area contributed by atoms with Crippen molar-refractivity contribution in [3.05, 3.63) is 88.7 Å². The molecule has 5 heteroatoms. The predicted molar refractivity (Wildman–Crippen MR) is 131 cm³/mol. The van der Waals surface area contributed by atoms with E-state index in [1.54, 1.807) is 0 Å². The van der Waals surface area contributed by atoms with Crippen LogP contribution in [0.4, 0.5) is 11.4 Å². The Hall–Kier alpha value is -3.18. The Morgan fingerprint density at radius 3 is 2.47 bits per heavy atom. The van der Waals surface area contributed by atoms with Gasteiger partial charge in [-0.05, 0) is 79.5 Å². The van der Waals surface area contributed by atoms with E-state index in [0.29, 0.717) is 11.7 Å². The third-order valence-electron chi connectivity index (χ3n) is 5.58. The molecule has 0 atom stereocenters. The van der Waals surface area contributed by atoms with Crippen molar-refractivity contribution in [3.8, 4) is 0 Å². The van der Waals surface area contributed by atoms with Gasteiger partial charge in [0.15, 0.2) is 5.11 Å². The zero-order chi connectivity index (χ0) is 21.3. The molecule has 3 aromatic carbocycles. The minimum absolute atomic E-state index is 0.564. The number of fused-ring (bicyclic) bond motifs is 1. The summed E-state index contributed by atoms with van der Waals surface area (Å²) in [6.45, 7) is 9.00. The van der Waals surface area contributed by atoms with Crippen LogP contribution in [0.5, 0.6) is 0 Å². The molecule has 0 bridgehead atoms. The normalized spacial score (nSPS) is 10.9. The van der Waals surface area contributed by atoms with Gasteiger partial charge in [0.05, 0.1) is 23.6 Å². The minimum atomic E-state index is 0.564. The van der Waals surface area contributed by atoms with Gasteiger partial charge in [-0.1, -0.05) is 48.5 Å². The summed E-state index contributed by atoms with van der Waals surface area (Å²) < 4.78 is 2.04. The molecule has 4 rings (SSSR count). The maximum absolute atomic E-state index is 5.56. The predicted octanol–water partition coefficient (Wildman–Crippen LogP) is 6.13. The fourth-order valence-electron chi connectivity index (χ4n) is 3.72. The van der Waals surface area contributed by atoms with Crippen molar-refractivity contribution in [1.82, 2.24) is 9.78 Å². The average Bonchev–Trinajstić information content (AvgIpc) is 2.98. The van der Waals surface area contributed by atoms with E-state index in [4.69, 9.17) is 17.3 Å². The summed E-state index contributed by atoms with van der Waals surface area (Å²) in [5.74, 6) is 0. The van der Waals surface area contributed by atoms with Crippen molar-refractivity contribution in [1.29, 1.82) is 0 Å². The van der Waals surface area contributed by atoms with Gasteiger partial charge in [-0.3, -0.25) is 4.68 Å². The molecule has 2 N–H and O–H groups in total. The van der Waals surface area contributed by atoms with E-state index in [9.17, 15) is 0 Å². The van der Waals surface area contributed by atoms with Gasteiger partial charge in [0.2, 0.25) is 0 Å². The van der Waals surface area contributed by atoms with Crippen LogP contribution in [0.2, 0.25) is 0 Å². The van der Waals surface area contributed by atoms with Gasteiger partial charge in [-0.15, -0.1) is 0 Å². The Balaban J connectivity index is 1.54. The number of anilines is 2. The van der Waals surface area contributed by atoms with Gasteiger partial charge >= 0.3 is 0 Å². The van der Waals surface area contributed by atoms with Crippen molar-refractivity contribution < 1.29 is 0 Å². The molecule has 30 heavy (non-hydrogen) atoms. The van der Waals surface area contributed by atoms with E-state index in [0.717, 1.165) is 22.8 Å². The second-order valence-electron chi connectivity index (χ2n) is 7.72. The zero-order valence-corrected chi connectivity index (χ0v) is 18.6. The first kappa shape index (κ1) is 20.1. The Labute approximate surface area is 182 Å². The molecule has 1 aromatic heterocycles. The van der Waals surface area contributed by atoms with Gasteiger partial charge in [-0.25, -0.2) is 0 Å². The highest BCUT2D eigenvalue weighted by atomic mass is 32.1. The van der Waals surface area contributed by atoms with Crippen LogP contribution in [-0.2, 0) is 6.54 Å². The first-order valence-corrected chi connectivity index (χ1v) is 10.5. The topological polar surface area (TPSA) is 41.9 Å². The second-order valence-corrected chi connectivity index (χ2v) is 8.13. The SMILES string of the molecule is Cc1ccc(NC(=S)Nc2c(C)nn(Cc3cccc4ccccc34)c2C)cc1C. The maximum Gasteiger partial charge on any atom is 0.175 e. The molecule has 0 aliphatic carbocycles. The van der Waals surface area contributed by atoms with Crippen molar-refractivity contribution in [2.75, 3.05) is 10.6 Å². The lowest BCUT2D eigenvalue weighted by molar-refractivity contribution is 0.662. The lowest BCUT2D eigenvalue weighted by atomic mass is 10.0. The standard InChI is InChI=1S/C25H26N4S/c1-16-12-13-22(14-17(16)2)26-25(30)27-24-18(3)28-29(19(24)4)15-21-10-7-9-20-8-5-6-11-23(20)21/h5-14H,15H2,1-4H3,(H2,26,27,30). The number of rotatable bonds is 4. The number of aromatic nitrogens is 2. The Kier molecular flexibility index (Phi) is 5.55. The fourth-order valence-corrected chi connectivity index (χ4v) is 3.94. The number of nitrogens with zero attached hydrogens (tertiary/aromatic N) is 2. The summed E-state index contributed by atoms with van der Waals surface area (Å²) in [7, 11) is 0. The summed E-state index contributed by atoms with van der Waals surface area (Å²) in [5.41, 5.74) is 7.67. The molecule has 152 valence electrons. The molecule has 0 amide bonds. The molecule has 0 aliphatic heterocycles.